The summed E-state index contributed by atoms with van der Waals surface area (Å²) in [7, 11) is 0. The predicted molar refractivity (Wildman–Crippen MR) is 49.7 cm³/mol. The molecule has 0 amide bonds. The zero-order valence-electron chi connectivity index (χ0n) is 6.78. The minimum absolute atomic E-state index is 0. The molecule has 1 aliphatic rings. The fourth-order valence-corrected chi connectivity index (χ4v) is 2.65. The Morgan fingerprint density at radius 1 is 1.30 bits per heavy atom. The Balaban J connectivity index is 0.000000810. The summed E-state index contributed by atoms with van der Waals surface area (Å²) >= 11 is 2.48. The first-order valence-corrected chi connectivity index (χ1v) is 5.26. The van der Waals surface area contributed by atoms with Gasteiger partial charge in [0.05, 0.1) is 0 Å². The predicted octanol–water partition coefficient (Wildman–Crippen LogP) is 0.0659. The summed E-state index contributed by atoms with van der Waals surface area (Å²) in [6, 6.07) is 0. The van der Waals surface area contributed by atoms with Crippen LogP contribution in [0.4, 0.5) is 0 Å². The molecule has 0 heterocycles. The maximum absolute atomic E-state index is 4.14. The van der Waals surface area contributed by atoms with Crippen molar-refractivity contribution in [3.05, 3.63) is 6.92 Å². The summed E-state index contributed by atoms with van der Waals surface area (Å²) in [6.45, 7) is 4.14. The molecule has 1 rings (SSSR count). The third-order valence-electron chi connectivity index (χ3n) is 2.26. The fraction of sp³-hybridized carbons (Fsp3) is 0.875. The Hall–Kier alpha value is 1.33. The summed E-state index contributed by atoms with van der Waals surface area (Å²) < 4.78 is 1.31. The van der Waals surface area contributed by atoms with E-state index in [1.54, 1.807) is 0 Å². The van der Waals surface area contributed by atoms with Crippen LogP contribution in [0.1, 0.15) is 25.7 Å². The van der Waals surface area contributed by atoms with Crippen molar-refractivity contribution in [2.24, 2.45) is 11.8 Å². The first-order chi connectivity index (χ1) is 4.34. The van der Waals surface area contributed by atoms with Crippen LogP contribution in [-0.4, -0.2) is 4.43 Å². The summed E-state index contributed by atoms with van der Waals surface area (Å²) in [6.07, 6.45) is 5.66. The van der Waals surface area contributed by atoms with Crippen molar-refractivity contribution in [2.75, 3.05) is 4.43 Å². The second kappa shape index (κ2) is 5.91. The fourth-order valence-electron chi connectivity index (χ4n) is 1.49. The molecule has 0 saturated heterocycles. The molecule has 1 aliphatic carbocycles. The molecule has 2 unspecified atom stereocenters. The van der Waals surface area contributed by atoms with Gasteiger partial charge in [0.25, 0.3) is 0 Å². The van der Waals surface area contributed by atoms with Crippen LogP contribution in [0.15, 0.2) is 0 Å². The summed E-state index contributed by atoms with van der Waals surface area (Å²) in [5.74, 6) is 1.69. The summed E-state index contributed by atoms with van der Waals surface area (Å²) in [5.41, 5.74) is 0. The van der Waals surface area contributed by atoms with Crippen LogP contribution in [-0.2, 0) is 0 Å². The van der Waals surface area contributed by atoms with Gasteiger partial charge in [0, 0.05) is 4.43 Å². The first kappa shape index (κ1) is 11.3. The van der Waals surface area contributed by atoms with E-state index in [2.05, 4.69) is 29.5 Å². The molecule has 1 saturated carbocycles. The number of halogens is 1. The van der Waals surface area contributed by atoms with Gasteiger partial charge in [-0.15, -0.1) is 0 Å². The molecule has 2 heteroatoms. The van der Waals surface area contributed by atoms with Gasteiger partial charge in [-0.1, -0.05) is 54.2 Å². The maximum atomic E-state index is 4.14. The van der Waals surface area contributed by atoms with Crippen molar-refractivity contribution in [1.82, 2.24) is 0 Å². The molecule has 1 fully saturated rings. The number of hydrogen-bond acceptors (Lipinski definition) is 0. The number of alkyl halides is 1. The van der Waals surface area contributed by atoms with E-state index >= 15 is 0 Å². The Morgan fingerprint density at radius 2 is 1.90 bits per heavy atom. The van der Waals surface area contributed by atoms with E-state index in [0.29, 0.717) is 0 Å². The van der Waals surface area contributed by atoms with Crippen LogP contribution in [0, 0.1) is 18.8 Å². The van der Waals surface area contributed by atoms with E-state index in [1.807, 2.05) is 0 Å². The normalized spacial score (nSPS) is 33.0. The van der Waals surface area contributed by atoms with Gasteiger partial charge >= 0.3 is 18.9 Å². The molecule has 0 aromatic carbocycles. The zero-order valence-corrected chi connectivity index (χ0v) is 8.93. The average molecular weight is 244 g/mol. The van der Waals surface area contributed by atoms with Gasteiger partial charge in [0.2, 0.25) is 0 Å². The molecule has 0 spiro atoms. The van der Waals surface area contributed by atoms with Gasteiger partial charge in [-0.25, -0.2) is 0 Å². The van der Waals surface area contributed by atoms with Gasteiger partial charge < -0.3 is 6.92 Å². The Kier molecular flexibility index (Phi) is 6.70. The van der Waals surface area contributed by atoms with Crippen molar-refractivity contribution in [1.29, 1.82) is 0 Å². The molecule has 54 valence electrons. The zero-order chi connectivity index (χ0) is 6.69. The average Bonchev–Trinajstić information content (AvgIpc) is 1.89. The van der Waals surface area contributed by atoms with E-state index in [9.17, 15) is 0 Å². The Bertz CT molecular complexity index is 85.3. The molecule has 0 aliphatic heterocycles. The van der Waals surface area contributed by atoms with Crippen LogP contribution < -0.4 is 18.9 Å². The molecule has 0 aromatic rings. The molecule has 0 radical (unpaired) electrons. The Labute approximate surface area is 89.8 Å². The summed E-state index contributed by atoms with van der Waals surface area (Å²) in [5, 5.41) is 0. The third-order valence-corrected chi connectivity index (χ3v) is 3.40. The molecule has 0 nitrogen and oxygen atoms in total. The standard InChI is InChI=1S/C8H14I.Li/c1-7-4-2-3-5-8(7)6-9;/h7-8H,1-6H2;/q-1;+1. The van der Waals surface area contributed by atoms with E-state index in [0.717, 1.165) is 11.8 Å². The molecular weight excluding hydrogens is 230 g/mol. The molecule has 10 heavy (non-hydrogen) atoms. The van der Waals surface area contributed by atoms with E-state index < -0.39 is 0 Å². The smallest absolute Gasteiger partial charge is 0.340 e. The quantitative estimate of drug-likeness (QED) is 0.265. The van der Waals surface area contributed by atoms with E-state index in [1.165, 1.54) is 30.1 Å². The Morgan fingerprint density at radius 3 is 2.30 bits per heavy atom. The largest absolute Gasteiger partial charge is 1.00 e. The van der Waals surface area contributed by atoms with Crippen molar-refractivity contribution in [3.63, 3.8) is 0 Å². The van der Waals surface area contributed by atoms with Crippen LogP contribution in [0.5, 0.6) is 0 Å². The van der Waals surface area contributed by atoms with E-state index in [-0.39, 0.29) is 18.9 Å². The second-order valence-electron chi connectivity index (χ2n) is 2.96. The molecular formula is C8H14ILi. The van der Waals surface area contributed by atoms with Gasteiger partial charge in [-0.05, 0) is 0 Å². The van der Waals surface area contributed by atoms with Crippen molar-refractivity contribution in [3.8, 4) is 0 Å². The molecule has 0 N–H and O–H groups in total. The molecule has 0 aromatic heterocycles. The van der Waals surface area contributed by atoms with Gasteiger partial charge in [-0.3, -0.25) is 0 Å². The second-order valence-corrected chi connectivity index (χ2v) is 3.84. The third kappa shape index (κ3) is 3.15. The van der Waals surface area contributed by atoms with Crippen molar-refractivity contribution >= 4 is 22.6 Å². The van der Waals surface area contributed by atoms with Crippen molar-refractivity contribution in [2.45, 2.75) is 25.7 Å². The monoisotopic (exact) mass is 244 g/mol. The van der Waals surface area contributed by atoms with Crippen molar-refractivity contribution < 1.29 is 18.9 Å². The van der Waals surface area contributed by atoms with Crippen LogP contribution in [0.2, 0.25) is 0 Å². The SMILES string of the molecule is [CH2-]C1CCCCC1CI.[Li+]. The number of hydrogen-bond donors (Lipinski definition) is 0. The van der Waals surface area contributed by atoms with E-state index in [4.69, 9.17) is 0 Å². The minimum atomic E-state index is 0. The van der Waals surface area contributed by atoms with Crippen LogP contribution in [0.3, 0.4) is 0 Å². The van der Waals surface area contributed by atoms with Gasteiger partial charge in [0.1, 0.15) is 0 Å². The topological polar surface area (TPSA) is 0 Å². The van der Waals surface area contributed by atoms with Crippen LogP contribution in [0.25, 0.3) is 0 Å². The summed E-state index contributed by atoms with van der Waals surface area (Å²) in [4.78, 5) is 0. The molecule has 2 atom stereocenters. The van der Waals surface area contributed by atoms with Gasteiger partial charge in [0.15, 0.2) is 0 Å². The minimum Gasteiger partial charge on any atom is -0.340 e. The van der Waals surface area contributed by atoms with Gasteiger partial charge in [-0.2, -0.15) is 5.92 Å². The number of rotatable bonds is 1. The maximum Gasteiger partial charge on any atom is 1.00 e. The van der Waals surface area contributed by atoms with Crippen LogP contribution >= 0.6 is 22.6 Å². The first-order valence-electron chi connectivity index (χ1n) is 3.73. The molecule has 0 bridgehead atoms.